The monoisotopic (exact) mass is 446 g/mol. The number of epoxide rings is 1. The highest BCUT2D eigenvalue weighted by Crippen LogP contribution is 2.46. The topological polar surface area (TPSA) is 99.5 Å². The molecule has 3 N–H and O–H groups in total. The molecule has 1 aromatic rings. The van der Waals surface area contributed by atoms with Gasteiger partial charge in [-0.25, -0.2) is 0 Å². The molecule has 0 amide bonds. The fraction of sp³-hybridized carbons (Fsp3) is 0.654. The third kappa shape index (κ3) is 7.14. The highest BCUT2D eigenvalue weighted by molar-refractivity contribution is 5.69. The first-order valence-corrected chi connectivity index (χ1v) is 11.9. The third-order valence-corrected chi connectivity index (χ3v) is 6.50. The first kappa shape index (κ1) is 24.9. The lowest BCUT2D eigenvalue weighted by atomic mass is 9.85. The summed E-state index contributed by atoms with van der Waals surface area (Å²) >= 11 is 0. The number of aliphatic hydroxyl groups excluding tert-OH is 3. The van der Waals surface area contributed by atoms with Crippen LogP contribution in [-0.2, 0) is 20.7 Å². The first-order chi connectivity index (χ1) is 15.4. The van der Waals surface area contributed by atoms with E-state index in [0.29, 0.717) is 25.7 Å². The van der Waals surface area contributed by atoms with Crippen molar-refractivity contribution in [3.8, 4) is 0 Å². The van der Waals surface area contributed by atoms with E-state index in [4.69, 9.17) is 9.47 Å². The van der Waals surface area contributed by atoms with Crippen LogP contribution in [0.1, 0.15) is 57.9 Å². The van der Waals surface area contributed by atoms with Crippen molar-refractivity contribution >= 4 is 5.97 Å². The fourth-order valence-corrected chi connectivity index (χ4v) is 4.83. The second-order valence-corrected chi connectivity index (χ2v) is 9.41. The van der Waals surface area contributed by atoms with Crippen LogP contribution in [0.3, 0.4) is 0 Å². The number of aliphatic hydroxyl groups is 3. The van der Waals surface area contributed by atoms with Crippen molar-refractivity contribution in [3.05, 3.63) is 48.0 Å². The van der Waals surface area contributed by atoms with E-state index in [9.17, 15) is 20.1 Å². The Morgan fingerprint density at radius 2 is 1.94 bits per heavy atom. The van der Waals surface area contributed by atoms with E-state index in [-0.39, 0.29) is 36.1 Å². The van der Waals surface area contributed by atoms with Gasteiger partial charge in [-0.2, -0.15) is 0 Å². The maximum Gasteiger partial charge on any atom is 0.306 e. The Balaban J connectivity index is 1.42. The number of carbonyl (C=O) groups excluding carboxylic acids is 1. The van der Waals surface area contributed by atoms with Crippen LogP contribution >= 0.6 is 0 Å². The Hall–Kier alpha value is -1.73. The number of hydrogen-bond acceptors (Lipinski definition) is 6. The quantitative estimate of drug-likeness (QED) is 0.197. The molecule has 1 saturated carbocycles. The molecule has 0 radical (unpaired) electrons. The van der Waals surface area contributed by atoms with Gasteiger partial charge in [-0.05, 0) is 63.9 Å². The normalized spacial score (nSPS) is 30.7. The number of unbranched alkanes of at least 4 members (excludes halogenated alkanes) is 1. The summed E-state index contributed by atoms with van der Waals surface area (Å²) in [4.78, 5) is 11.6. The minimum atomic E-state index is -0.620. The molecule has 0 bridgehead atoms. The summed E-state index contributed by atoms with van der Waals surface area (Å²) in [6.07, 6.45) is 5.97. The predicted molar refractivity (Wildman–Crippen MR) is 122 cm³/mol. The van der Waals surface area contributed by atoms with Gasteiger partial charge in [0.05, 0.1) is 30.5 Å². The maximum atomic E-state index is 11.6. The number of ether oxygens (including phenoxy) is 2. The molecule has 2 aliphatic rings. The van der Waals surface area contributed by atoms with Crippen molar-refractivity contribution in [1.82, 2.24) is 0 Å². The Morgan fingerprint density at radius 3 is 2.66 bits per heavy atom. The van der Waals surface area contributed by atoms with Gasteiger partial charge >= 0.3 is 5.97 Å². The smallest absolute Gasteiger partial charge is 0.306 e. The van der Waals surface area contributed by atoms with E-state index in [2.05, 4.69) is 0 Å². The first-order valence-electron chi connectivity index (χ1n) is 11.9. The molecule has 6 heteroatoms. The van der Waals surface area contributed by atoms with Crippen LogP contribution in [0.2, 0.25) is 0 Å². The zero-order chi connectivity index (χ0) is 23.1. The highest BCUT2D eigenvalue weighted by Gasteiger charge is 2.57. The van der Waals surface area contributed by atoms with Crippen molar-refractivity contribution in [1.29, 1.82) is 0 Å². The Labute approximate surface area is 191 Å². The van der Waals surface area contributed by atoms with Crippen LogP contribution < -0.4 is 0 Å². The van der Waals surface area contributed by atoms with Crippen LogP contribution in [0.4, 0.5) is 0 Å². The van der Waals surface area contributed by atoms with E-state index in [0.717, 1.165) is 19.3 Å². The van der Waals surface area contributed by atoms with E-state index in [1.54, 1.807) is 0 Å². The molecular weight excluding hydrogens is 408 g/mol. The van der Waals surface area contributed by atoms with E-state index in [1.165, 1.54) is 5.56 Å². The number of carbonyl (C=O) groups is 1. The zero-order valence-electron chi connectivity index (χ0n) is 19.2. The zero-order valence-corrected chi connectivity index (χ0v) is 19.2. The molecule has 0 aromatic heterocycles. The number of hydrogen-bond donors (Lipinski definition) is 3. The maximum absolute atomic E-state index is 11.6. The number of benzene rings is 1. The summed E-state index contributed by atoms with van der Waals surface area (Å²) in [5, 5.41) is 31.6. The number of rotatable bonds is 12. The van der Waals surface area contributed by atoms with Crippen molar-refractivity contribution in [2.75, 3.05) is 0 Å². The van der Waals surface area contributed by atoms with Gasteiger partial charge in [0.15, 0.2) is 0 Å². The molecule has 1 heterocycles. The van der Waals surface area contributed by atoms with Crippen LogP contribution in [0.25, 0.3) is 0 Å². The summed E-state index contributed by atoms with van der Waals surface area (Å²) < 4.78 is 10.9. The predicted octanol–water partition coefficient (Wildman–Crippen LogP) is 3.17. The van der Waals surface area contributed by atoms with Crippen LogP contribution in [0.5, 0.6) is 0 Å². The average Bonchev–Trinajstić information content (AvgIpc) is 3.48. The average molecular weight is 447 g/mol. The summed E-state index contributed by atoms with van der Waals surface area (Å²) in [5.74, 6) is -0.443. The molecule has 7 atom stereocenters. The molecule has 178 valence electrons. The van der Waals surface area contributed by atoms with Gasteiger partial charge in [0, 0.05) is 12.3 Å². The van der Waals surface area contributed by atoms with Crippen LogP contribution in [0, 0.1) is 11.8 Å². The van der Waals surface area contributed by atoms with Gasteiger partial charge in [0.2, 0.25) is 0 Å². The largest absolute Gasteiger partial charge is 0.463 e. The number of allylic oxidation sites excluding steroid dienone is 2. The van der Waals surface area contributed by atoms with E-state index < -0.39 is 18.3 Å². The minimum absolute atomic E-state index is 0.0874. The Morgan fingerprint density at radius 1 is 1.19 bits per heavy atom. The molecule has 6 nitrogen and oxygen atoms in total. The van der Waals surface area contributed by atoms with Gasteiger partial charge in [0.25, 0.3) is 0 Å². The van der Waals surface area contributed by atoms with Gasteiger partial charge < -0.3 is 24.8 Å². The molecule has 3 rings (SSSR count). The molecule has 2 fully saturated rings. The van der Waals surface area contributed by atoms with Gasteiger partial charge in [-0.3, -0.25) is 4.79 Å². The lowest BCUT2D eigenvalue weighted by Crippen LogP contribution is -2.30. The molecule has 32 heavy (non-hydrogen) atoms. The van der Waals surface area contributed by atoms with Crippen LogP contribution in [-0.4, -0.2) is 57.9 Å². The molecular formula is C26H38O6. The standard InChI is InChI=1S/C26H38O6/c1-17(2)31-23(30)13-9-4-3-8-12-19-21(28)16-22(29)24(19)26-25(32-26)20(27)15-14-18-10-6-5-7-11-18/h3,5-8,10-11,17,19-22,24-29H,4,9,12-16H2,1-2H3/b8-3-/t19-,20-,21-,22+,24+,25+,26+/m0/s1. The van der Waals surface area contributed by atoms with E-state index >= 15 is 0 Å². The second kappa shape index (κ2) is 11.9. The van der Waals surface area contributed by atoms with Gasteiger partial charge in [-0.15, -0.1) is 0 Å². The van der Waals surface area contributed by atoms with Crippen molar-refractivity contribution in [2.24, 2.45) is 11.8 Å². The highest BCUT2D eigenvalue weighted by atomic mass is 16.6. The molecule has 1 aliphatic carbocycles. The Bertz CT molecular complexity index is 733. The lowest BCUT2D eigenvalue weighted by molar-refractivity contribution is -0.147. The number of esters is 1. The van der Waals surface area contributed by atoms with Crippen LogP contribution in [0.15, 0.2) is 42.5 Å². The molecule has 1 aliphatic heterocycles. The molecule has 0 unspecified atom stereocenters. The fourth-order valence-electron chi connectivity index (χ4n) is 4.83. The summed E-state index contributed by atoms with van der Waals surface area (Å²) in [5.41, 5.74) is 1.18. The van der Waals surface area contributed by atoms with Gasteiger partial charge in [-0.1, -0.05) is 42.5 Å². The second-order valence-electron chi connectivity index (χ2n) is 9.41. The lowest BCUT2D eigenvalue weighted by Gasteiger charge is -2.21. The van der Waals surface area contributed by atoms with E-state index in [1.807, 2.05) is 56.3 Å². The SMILES string of the molecule is CC(C)OC(=O)CCC/C=C\C[C@@H]1[C@@H]([C@H]2O[C@@H]2[C@@H](O)CCc2ccccc2)[C@H](O)C[C@@H]1O. The number of aryl methyl sites for hydroxylation is 1. The summed E-state index contributed by atoms with van der Waals surface area (Å²) in [6, 6.07) is 10.0. The molecule has 0 spiro atoms. The summed E-state index contributed by atoms with van der Waals surface area (Å²) in [6.45, 7) is 3.68. The molecule has 1 aromatic carbocycles. The molecule has 1 saturated heterocycles. The van der Waals surface area contributed by atoms with Crippen molar-refractivity contribution in [2.45, 2.75) is 95.4 Å². The van der Waals surface area contributed by atoms with Crippen molar-refractivity contribution in [3.63, 3.8) is 0 Å². The Kier molecular flexibility index (Phi) is 9.29. The van der Waals surface area contributed by atoms with Crippen molar-refractivity contribution < 1.29 is 29.6 Å². The van der Waals surface area contributed by atoms with Gasteiger partial charge in [0.1, 0.15) is 6.10 Å². The summed E-state index contributed by atoms with van der Waals surface area (Å²) in [7, 11) is 0. The minimum Gasteiger partial charge on any atom is -0.463 e. The third-order valence-electron chi connectivity index (χ3n) is 6.50.